The van der Waals surface area contributed by atoms with Gasteiger partial charge in [0, 0.05) is 0 Å². The summed E-state index contributed by atoms with van der Waals surface area (Å²) in [5, 5.41) is 0. The van der Waals surface area contributed by atoms with Gasteiger partial charge in [-0.05, 0) is 53.9 Å². The largest absolute Gasteiger partial charge is 0.0760 e. The highest BCUT2D eigenvalue weighted by atomic mass is 14.3. The molecule has 0 unspecified atom stereocenters. The lowest BCUT2D eigenvalue weighted by molar-refractivity contribution is 0.539. The second-order valence-electron chi connectivity index (χ2n) is 6.29. The molecule has 3 rings (SSSR count). The van der Waals surface area contributed by atoms with Gasteiger partial charge >= 0.3 is 0 Å². The topological polar surface area (TPSA) is 0 Å². The Morgan fingerprint density at radius 2 is 1.43 bits per heavy atom. The maximum absolute atomic E-state index is 2.46. The fraction of sp³-hybridized carbons (Fsp3) is 0.304. The molecule has 1 atom stereocenters. The molecule has 0 bridgehead atoms. The molecule has 1 aliphatic rings. The van der Waals surface area contributed by atoms with Crippen LogP contribution in [0.25, 0.3) is 11.1 Å². The number of hydrogen-bond donors (Lipinski definition) is 0. The number of rotatable bonds is 4. The van der Waals surface area contributed by atoms with Gasteiger partial charge in [-0.25, -0.2) is 0 Å². The van der Waals surface area contributed by atoms with Crippen LogP contribution in [0.3, 0.4) is 0 Å². The van der Waals surface area contributed by atoms with Crippen LogP contribution in [0.1, 0.15) is 50.7 Å². The van der Waals surface area contributed by atoms with Crippen molar-refractivity contribution in [3.63, 3.8) is 0 Å². The van der Waals surface area contributed by atoms with Gasteiger partial charge in [-0.15, -0.1) is 0 Å². The number of hydrogen-bond acceptors (Lipinski definition) is 0. The summed E-state index contributed by atoms with van der Waals surface area (Å²) < 4.78 is 0. The zero-order valence-corrected chi connectivity index (χ0v) is 14.3. The van der Waals surface area contributed by atoms with Crippen molar-refractivity contribution in [1.29, 1.82) is 0 Å². The molecule has 2 aromatic rings. The fourth-order valence-electron chi connectivity index (χ4n) is 3.82. The van der Waals surface area contributed by atoms with Crippen molar-refractivity contribution in [3.05, 3.63) is 83.4 Å². The van der Waals surface area contributed by atoms with E-state index in [2.05, 4.69) is 80.6 Å². The highest BCUT2D eigenvalue weighted by molar-refractivity contribution is 6.06. The van der Waals surface area contributed by atoms with Crippen molar-refractivity contribution >= 4 is 11.1 Å². The standard InChI is InChI=1S/C23H26/c1-3-18-16-11-17-22(19-12-7-5-8-13-19)23(21(18)4-2)20-14-9-6-10-15-20/h5-10,12-15,17-18H,3-4,11,16H2,1-2H3/t18-/m1/s1. The van der Waals surface area contributed by atoms with Crippen molar-refractivity contribution in [2.24, 2.45) is 5.92 Å². The van der Waals surface area contributed by atoms with Gasteiger partial charge in [0.15, 0.2) is 0 Å². The Balaban J connectivity index is 2.22. The van der Waals surface area contributed by atoms with E-state index in [1.807, 2.05) is 0 Å². The molecule has 118 valence electrons. The number of allylic oxidation sites excluding steroid dienone is 4. The van der Waals surface area contributed by atoms with Crippen LogP contribution in [0, 0.1) is 5.92 Å². The molecule has 0 radical (unpaired) electrons. The van der Waals surface area contributed by atoms with Crippen LogP contribution in [-0.2, 0) is 0 Å². The summed E-state index contributed by atoms with van der Waals surface area (Å²) in [5.74, 6) is 0.702. The van der Waals surface area contributed by atoms with E-state index in [0.717, 1.165) is 6.42 Å². The minimum Gasteiger partial charge on any atom is -0.0760 e. The molecule has 2 aromatic carbocycles. The quantitative estimate of drug-likeness (QED) is 0.585. The van der Waals surface area contributed by atoms with Gasteiger partial charge in [0.1, 0.15) is 0 Å². The van der Waals surface area contributed by atoms with Gasteiger partial charge in [-0.2, -0.15) is 0 Å². The summed E-state index contributed by atoms with van der Waals surface area (Å²) in [4.78, 5) is 0. The van der Waals surface area contributed by atoms with Crippen molar-refractivity contribution in [1.82, 2.24) is 0 Å². The van der Waals surface area contributed by atoms with E-state index in [1.165, 1.54) is 41.5 Å². The van der Waals surface area contributed by atoms with Gasteiger partial charge in [-0.3, -0.25) is 0 Å². The Morgan fingerprint density at radius 3 is 2.00 bits per heavy atom. The Morgan fingerprint density at radius 1 is 0.826 bits per heavy atom. The maximum Gasteiger partial charge on any atom is -0.0114 e. The summed E-state index contributed by atoms with van der Waals surface area (Å²) >= 11 is 0. The smallest absolute Gasteiger partial charge is 0.0114 e. The lowest BCUT2D eigenvalue weighted by Gasteiger charge is -2.22. The molecule has 23 heavy (non-hydrogen) atoms. The van der Waals surface area contributed by atoms with Crippen LogP contribution in [0.5, 0.6) is 0 Å². The van der Waals surface area contributed by atoms with E-state index in [9.17, 15) is 0 Å². The zero-order chi connectivity index (χ0) is 16.1. The van der Waals surface area contributed by atoms with E-state index < -0.39 is 0 Å². The Bertz CT molecular complexity index is 689. The van der Waals surface area contributed by atoms with Crippen LogP contribution in [0.4, 0.5) is 0 Å². The van der Waals surface area contributed by atoms with Gasteiger partial charge < -0.3 is 0 Å². The fourth-order valence-corrected chi connectivity index (χ4v) is 3.82. The van der Waals surface area contributed by atoms with Crippen LogP contribution >= 0.6 is 0 Å². The van der Waals surface area contributed by atoms with Crippen molar-refractivity contribution in [3.8, 4) is 0 Å². The van der Waals surface area contributed by atoms with Crippen molar-refractivity contribution < 1.29 is 0 Å². The minimum absolute atomic E-state index is 0.702. The summed E-state index contributed by atoms with van der Waals surface area (Å²) in [6.07, 6.45) is 7.26. The molecule has 0 heteroatoms. The molecule has 0 nitrogen and oxygen atoms in total. The summed E-state index contributed by atoms with van der Waals surface area (Å²) in [5.41, 5.74) is 7.23. The Hall–Kier alpha value is -2.08. The molecule has 0 amide bonds. The predicted molar refractivity (Wildman–Crippen MR) is 101 cm³/mol. The third-order valence-electron chi connectivity index (χ3n) is 4.97. The summed E-state index contributed by atoms with van der Waals surface area (Å²) in [6.45, 7) is 4.64. The lowest BCUT2D eigenvalue weighted by Crippen LogP contribution is -2.04. The first-order valence-corrected chi connectivity index (χ1v) is 8.89. The zero-order valence-electron chi connectivity index (χ0n) is 14.3. The molecule has 0 aromatic heterocycles. The average Bonchev–Trinajstić information content (AvgIpc) is 2.82. The third kappa shape index (κ3) is 3.32. The second kappa shape index (κ2) is 7.46. The summed E-state index contributed by atoms with van der Waals surface area (Å²) in [6, 6.07) is 21.8. The van der Waals surface area contributed by atoms with Crippen LogP contribution in [-0.4, -0.2) is 0 Å². The normalized spacial score (nSPS) is 18.5. The van der Waals surface area contributed by atoms with E-state index in [-0.39, 0.29) is 0 Å². The monoisotopic (exact) mass is 302 g/mol. The highest BCUT2D eigenvalue weighted by Gasteiger charge is 2.22. The average molecular weight is 302 g/mol. The van der Waals surface area contributed by atoms with Crippen molar-refractivity contribution in [2.75, 3.05) is 0 Å². The minimum atomic E-state index is 0.702. The lowest BCUT2D eigenvalue weighted by atomic mass is 9.83. The van der Waals surface area contributed by atoms with E-state index >= 15 is 0 Å². The Labute approximate surface area is 140 Å². The van der Waals surface area contributed by atoms with E-state index in [1.54, 1.807) is 5.57 Å². The van der Waals surface area contributed by atoms with Crippen molar-refractivity contribution in [2.45, 2.75) is 39.5 Å². The molecule has 0 saturated heterocycles. The predicted octanol–water partition coefficient (Wildman–Crippen LogP) is 6.75. The Kier molecular flexibility index (Phi) is 5.12. The second-order valence-corrected chi connectivity index (χ2v) is 6.29. The molecule has 0 spiro atoms. The molecule has 1 aliphatic carbocycles. The van der Waals surface area contributed by atoms with Gasteiger partial charge in [-0.1, -0.05) is 86.2 Å². The maximum atomic E-state index is 2.46. The molecule has 0 fully saturated rings. The van der Waals surface area contributed by atoms with Crippen LogP contribution in [0.15, 0.2) is 72.3 Å². The molecular formula is C23H26. The first-order valence-electron chi connectivity index (χ1n) is 8.89. The highest BCUT2D eigenvalue weighted by Crippen LogP contribution is 2.42. The summed E-state index contributed by atoms with van der Waals surface area (Å²) in [7, 11) is 0. The first kappa shape index (κ1) is 15.8. The SMILES string of the molecule is CCC1=C(c2ccccc2)C(c2ccccc2)=CCC[C@H]1CC. The molecule has 0 saturated carbocycles. The first-order chi connectivity index (χ1) is 11.3. The molecule has 0 aliphatic heterocycles. The molecule has 0 N–H and O–H groups in total. The third-order valence-corrected chi connectivity index (χ3v) is 4.97. The van der Waals surface area contributed by atoms with Gasteiger partial charge in [0.05, 0.1) is 0 Å². The van der Waals surface area contributed by atoms with E-state index in [4.69, 9.17) is 0 Å². The van der Waals surface area contributed by atoms with Crippen LogP contribution in [0.2, 0.25) is 0 Å². The van der Waals surface area contributed by atoms with Crippen LogP contribution < -0.4 is 0 Å². The molecule has 0 heterocycles. The molecular weight excluding hydrogens is 276 g/mol. The van der Waals surface area contributed by atoms with E-state index in [0.29, 0.717) is 5.92 Å². The van der Waals surface area contributed by atoms with Gasteiger partial charge in [0.25, 0.3) is 0 Å². The van der Waals surface area contributed by atoms with Gasteiger partial charge in [0.2, 0.25) is 0 Å². The number of benzene rings is 2.